The van der Waals surface area contributed by atoms with Crippen molar-refractivity contribution >= 4 is 5.91 Å². The number of nitrogens with zero attached hydrogens (tertiary/aromatic N) is 5. The van der Waals surface area contributed by atoms with Crippen LogP contribution in [0.4, 0.5) is 13.2 Å². The lowest BCUT2D eigenvalue weighted by molar-refractivity contribution is -0.150. The highest BCUT2D eigenvalue weighted by atomic mass is 19.4. The summed E-state index contributed by atoms with van der Waals surface area (Å²) in [5, 5.41) is 14.7. The number of carbonyl (C=O) groups is 1. The molecule has 136 valence electrons. The first-order valence-electron chi connectivity index (χ1n) is 7.81. The molecular weight excluding hydrogens is 339 g/mol. The number of alkyl halides is 3. The summed E-state index contributed by atoms with van der Waals surface area (Å²) in [4.78, 5) is 17.4. The lowest BCUT2D eigenvalue weighted by atomic mass is 10.2. The molecule has 10 heteroatoms. The SMILES string of the molecule is Cn1ccnc1C(O)c1cc2n(n1)CCN(C(=O)CCC(F)(F)F)C2. The molecule has 1 unspecified atom stereocenters. The summed E-state index contributed by atoms with van der Waals surface area (Å²) in [6.07, 6.45) is -3.75. The molecular formula is C15H18F3N5O2. The van der Waals surface area contributed by atoms with Gasteiger partial charge in [0.05, 0.1) is 30.9 Å². The van der Waals surface area contributed by atoms with Crippen molar-refractivity contribution in [2.45, 2.75) is 38.2 Å². The minimum atomic E-state index is -4.34. The van der Waals surface area contributed by atoms with E-state index in [-0.39, 0.29) is 6.54 Å². The van der Waals surface area contributed by atoms with Crippen molar-refractivity contribution in [2.75, 3.05) is 6.54 Å². The van der Waals surface area contributed by atoms with Crippen molar-refractivity contribution in [3.8, 4) is 0 Å². The second-order valence-electron chi connectivity index (χ2n) is 6.01. The van der Waals surface area contributed by atoms with Gasteiger partial charge in [-0.25, -0.2) is 4.98 Å². The first kappa shape index (κ1) is 17.5. The van der Waals surface area contributed by atoms with Gasteiger partial charge in [0.15, 0.2) is 6.10 Å². The maximum atomic E-state index is 12.3. The van der Waals surface area contributed by atoms with Crippen LogP contribution < -0.4 is 0 Å². The third-order valence-corrected chi connectivity index (χ3v) is 4.18. The van der Waals surface area contributed by atoms with Gasteiger partial charge in [0.1, 0.15) is 5.82 Å². The number of hydrogen-bond acceptors (Lipinski definition) is 4. The number of halogens is 3. The molecule has 1 atom stereocenters. The Bertz CT molecular complexity index is 768. The molecule has 3 rings (SSSR count). The quantitative estimate of drug-likeness (QED) is 0.897. The summed E-state index contributed by atoms with van der Waals surface area (Å²) >= 11 is 0. The average Bonchev–Trinajstić information content (AvgIpc) is 3.16. The smallest absolute Gasteiger partial charge is 0.379 e. The molecule has 0 spiro atoms. The summed E-state index contributed by atoms with van der Waals surface area (Å²) in [6.45, 7) is 0.848. The second-order valence-corrected chi connectivity index (χ2v) is 6.01. The maximum Gasteiger partial charge on any atom is 0.389 e. The van der Waals surface area contributed by atoms with Crippen LogP contribution in [0.3, 0.4) is 0 Å². The van der Waals surface area contributed by atoms with Crippen molar-refractivity contribution in [3.63, 3.8) is 0 Å². The van der Waals surface area contributed by atoms with Gasteiger partial charge in [-0.15, -0.1) is 0 Å². The van der Waals surface area contributed by atoms with E-state index < -0.39 is 31.0 Å². The number of aliphatic hydroxyl groups is 1. The van der Waals surface area contributed by atoms with Crippen molar-refractivity contribution in [2.24, 2.45) is 7.05 Å². The number of rotatable bonds is 4. The standard InChI is InChI=1S/C15H18F3N5O2/c1-21-5-4-19-14(21)13(25)11-8-10-9-22(6-7-23(10)20-11)12(24)2-3-15(16,17)18/h4-5,8,13,25H,2-3,6-7,9H2,1H3. The van der Waals surface area contributed by atoms with Crippen molar-refractivity contribution in [3.05, 3.63) is 35.7 Å². The molecule has 0 aliphatic carbocycles. The number of imidazole rings is 1. The van der Waals surface area contributed by atoms with Crippen LogP contribution in [-0.2, 0) is 24.9 Å². The third-order valence-electron chi connectivity index (χ3n) is 4.18. The zero-order valence-corrected chi connectivity index (χ0v) is 13.6. The fourth-order valence-corrected chi connectivity index (χ4v) is 2.81. The van der Waals surface area contributed by atoms with Crippen LogP contribution in [0, 0.1) is 0 Å². The number of aryl methyl sites for hydroxylation is 1. The van der Waals surface area contributed by atoms with Gasteiger partial charge in [-0.2, -0.15) is 18.3 Å². The number of fused-ring (bicyclic) bond motifs is 1. The predicted molar refractivity (Wildman–Crippen MR) is 80.2 cm³/mol. The average molecular weight is 357 g/mol. The normalized spacial score (nSPS) is 16.0. The molecule has 1 N–H and O–H groups in total. The Hall–Kier alpha value is -2.36. The van der Waals surface area contributed by atoms with Crippen molar-refractivity contribution < 1.29 is 23.1 Å². The van der Waals surface area contributed by atoms with Gasteiger partial charge < -0.3 is 14.6 Å². The first-order chi connectivity index (χ1) is 11.7. The van der Waals surface area contributed by atoms with Gasteiger partial charge in [0.2, 0.25) is 5.91 Å². The summed E-state index contributed by atoms with van der Waals surface area (Å²) in [7, 11) is 1.75. The predicted octanol–water partition coefficient (Wildman–Crippen LogP) is 1.38. The largest absolute Gasteiger partial charge is 0.389 e. The summed E-state index contributed by atoms with van der Waals surface area (Å²) < 4.78 is 40.1. The molecule has 0 saturated heterocycles. The van der Waals surface area contributed by atoms with E-state index in [9.17, 15) is 23.1 Å². The van der Waals surface area contributed by atoms with E-state index in [2.05, 4.69) is 10.1 Å². The third kappa shape index (κ3) is 3.84. The van der Waals surface area contributed by atoms with Crippen LogP contribution in [0.25, 0.3) is 0 Å². The lowest BCUT2D eigenvalue weighted by Crippen LogP contribution is -2.38. The minimum Gasteiger partial charge on any atom is -0.379 e. The van der Waals surface area contributed by atoms with Crippen LogP contribution in [-0.4, -0.2) is 48.0 Å². The highest BCUT2D eigenvalue weighted by Crippen LogP contribution is 2.25. The monoisotopic (exact) mass is 357 g/mol. The number of amides is 1. The van der Waals surface area contributed by atoms with Crippen LogP contribution in [0.2, 0.25) is 0 Å². The summed E-state index contributed by atoms with van der Waals surface area (Å²) in [6, 6.07) is 1.66. The Balaban J connectivity index is 1.69. The van der Waals surface area contributed by atoms with E-state index in [1.807, 2.05) is 0 Å². The molecule has 1 amide bonds. The summed E-state index contributed by atoms with van der Waals surface area (Å²) in [5.74, 6) is -0.0930. The molecule has 7 nitrogen and oxygen atoms in total. The zero-order chi connectivity index (χ0) is 18.2. The van der Waals surface area contributed by atoms with Gasteiger partial charge in [-0.1, -0.05) is 0 Å². The van der Waals surface area contributed by atoms with Crippen molar-refractivity contribution in [1.29, 1.82) is 0 Å². The topological polar surface area (TPSA) is 76.2 Å². The van der Waals surface area contributed by atoms with Crippen LogP contribution >= 0.6 is 0 Å². The molecule has 0 radical (unpaired) electrons. The van der Waals surface area contributed by atoms with Gasteiger partial charge in [-0.3, -0.25) is 9.48 Å². The lowest BCUT2D eigenvalue weighted by Gasteiger charge is -2.27. The fraction of sp³-hybridized carbons (Fsp3) is 0.533. The van der Waals surface area contributed by atoms with Gasteiger partial charge in [0, 0.05) is 32.4 Å². The van der Waals surface area contributed by atoms with E-state index in [0.717, 1.165) is 0 Å². The van der Waals surface area contributed by atoms with Crippen LogP contribution in [0.1, 0.15) is 36.2 Å². The number of carbonyl (C=O) groups excluding carboxylic acids is 1. The summed E-state index contributed by atoms with van der Waals surface area (Å²) in [5.41, 5.74) is 1.07. The number of aliphatic hydroxyl groups excluding tert-OH is 1. The van der Waals surface area contributed by atoms with Crippen LogP contribution in [0.15, 0.2) is 18.5 Å². The Kier molecular flexibility index (Phi) is 4.55. The first-order valence-corrected chi connectivity index (χ1v) is 7.81. The minimum absolute atomic E-state index is 0.178. The molecule has 0 bridgehead atoms. The van der Waals surface area contributed by atoms with Gasteiger partial charge >= 0.3 is 6.18 Å². The zero-order valence-electron chi connectivity index (χ0n) is 13.6. The molecule has 0 fully saturated rings. The van der Waals surface area contributed by atoms with E-state index >= 15 is 0 Å². The van der Waals surface area contributed by atoms with Gasteiger partial charge in [-0.05, 0) is 6.07 Å². The van der Waals surface area contributed by atoms with E-state index in [4.69, 9.17) is 0 Å². The molecule has 25 heavy (non-hydrogen) atoms. The Labute approximate surface area is 141 Å². The molecule has 3 heterocycles. The van der Waals surface area contributed by atoms with E-state index in [1.165, 1.54) is 4.90 Å². The maximum absolute atomic E-state index is 12.3. The Morgan fingerprint density at radius 3 is 2.80 bits per heavy atom. The van der Waals surface area contributed by atoms with E-state index in [0.29, 0.717) is 30.3 Å². The highest BCUT2D eigenvalue weighted by Gasteiger charge is 2.31. The molecule has 1 aliphatic heterocycles. The second kappa shape index (κ2) is 6.51. The molecule has 0 saturated carbocycles. The van der Waals surface area contributed by atoms with Crippen LogP contribution in [0.5, 0.6) is 0 Å². The Morgan fingerprint density at radius 1 is 1.40 bits per heavy atom. The van der Waals surface area contributed by atoms with Gasteiger partial charge in [0.25, 0.3) is 0 Å². The molecule has 0 aromatic carbocycles. The Morgan fingerprint density at radius 2 is 2.16 bits per heavy atom. The number of hydrogen-bond donors (Lipinski definition) is 1. The molecule has 1 aliphatic rings. The molecule has 2 aromatic rings. The fourth-order valence-electron chi connectivity index (χ4n) is 2.81. The van der Waals surface area contributed by atoms with E-state index in [1.54, 1.807) is 34.8 Å². The molecule has 2 aromatic heterocycles. The highest BCUT2D eigenvalue weighted by molar-refractivity contribution is 5.76. The number of aromatic nitrogens is 4. The van der Waals surface area contributed by atoms with Crippen molar-refractivity contribution in [1.82, 2.24) is 24.2 Å².